The summed E-state index contributed by atoms with van der Waals surface area (Å²) in [6.07, 6.45) is 1.52. The number of hydrogen-bond acceptors (Lipinski definition) is 5. The number of rotatable bonds is 4. The van der Waals surface area contributed by atoms with E-state index in [1.165, 1.54) is 6.07 Å². The first kappa shape index (κ1) is 22.2. The van der Waals surface area contributed by atoms with Crippen molar-refractivity contribution >= 4 is 34.9 Å². The van der Waals surface area contributed by atoms with Crippen LogP contribution in [0, 0.1) is 5.82 Å². The molecule has 0 N–H and O–H groups in total. The third-order valence-electron chi connectivity index (χ3n) is 5.30. The average molecular weight is 455 g/mol. The molecule has 4 rings (SSSR count). The molecule has 0 spiro atoms. The highest BCUT2D eigenvalue weighted by Gasteiger charge is 2.35. The molecular weight excluding hydrogens is 431 g/mol. The van der Waals surface area contributed by atoms with E-state index in [9.17, 15) is 18.8 Å². The molecule has 6 nitrogen and oxygen atoms in total. The first-order chi connectivity index (χ1) is 15.3. The van der Waals surface area contributed by atoms with Crippen LogP contribution >= 0.6 is 11.8 Å². The molecule has 0 aliphatic carbocycles. The molecule has 2 atom stereocenters. The molecule has 0 saturated carbocycles. The number of amides is 3. The van der Waals surface area contributed by atoms with Gasteiger partial charge in [-0.05, 0) is 55.4 Å². The van der Waals surface area contributed by atoms with Crippen LogP contribution in [0.3, 0.4) is 0 Å². The number of nitrogens with zero attached hydrogens (tertiary/aromatic N) is 2. The summed E-state index contributed by atoms with van der Waals surface area (Å²) < 4.78 is 19.6. The summed E-state index contributed by atoms with van der Waals surface area (Å²) in [7, 11) is 0. The fraction of sp³-hybridized carbons (Fsp3) is 0.292. The van der Waals surface area contributed by atoms with Crippen molar-refractivity contribution in [2.75, 3.05) is 13.1 Å². The zero-order valence-corrected chi connectivity index (χ0v) is 18.6. The summed E-state index contributed by atoms with van der Waals surface area (Å²) >= 11 is 0.809. The van der Waals surface area contributed by atoms with Crippen LogP contribution in [-0.4, -0.2) is 52.2 Å². The molecule has 166 valence electrons. The van der Waals surface area contributed by atoms with Crippen LogP contribution in [0.5, 0.6) is 0 Å². The second-order valence-corrected chi connectivity index (χ2v) is 8.95. The predicted molar refractivity (Wildman–Crippen MR) is 120 cm³/mol. The normalized spacial score (nSPS) is 22.7. The maximum atomic E-state index is 13.9. The van der Waals surface area contributed by atoms with Gasteiger partial charge in [0.15, 0.2) is 0 Å². The second kappa shape index (κ2) is 9.26. The number of halogens is 1. The Hall–Kier alpha value is -2.97. The Bertz CT molecular complexity index is 1090. The van der Waals surface area contributed by atoms with E-state index in [2.05, 4.69) is 0 Å². The van der Waals surface area contributed by atoms with Crippen LogP contribution in [0.15, 0.2) is 53.4 Å². The predicted octanol–water partition coefficient (Wildman–Crippen LogP) is 4.31. The van der Waals surface area contributed by atoms with E-state index in [1.807, 2.05) is 13.8 Å². The quantitative estimate of drug-likeness (QED) is 0.644. The highest BCUT2D eigenvalue weighted by atomic mass is 32.2. The third kappa shape index (κ3) is 4.76. The maximum Gasteiger partial charge on any atom is 0.293 e. The van der Waals surface area contributed by atoms with Gasteiger partial charge in [-0.25, -0.2) is 4.39 Å². The van der Waals surface area contributed by atoms with Gasteiger partial charge < -0.3 is 9.64 Å². The summed E-state index contributed by atoms with van der Waals surface area (Å²) in [5, 5.41) is -0.451. The Morgan fingerprint density at radius 1 is 1.12 bits per heavy atom. The molecule has 2 fully saturated rings. The summed E-state index contributed by atoms with van der Waals surface area (Å²) in [5.74, 6) is -1.04. The molecule has 8 heteroatoms. The minimum atomic E-state index is -0.476. The van der Waals surface area contributed by atoms with Crippen LogP contribution in [0.2, 0.25) is 0 Å². The molecule has 2 aliphatic heterocycles. The Morgan fingerprint density at radius 2 is 1.84 bits per heavy atom. The van der Waals surface area contributed by atoms with Crippen molar-refractivity contribution in [3.8, 4) is 0 Å². The number of ether oxygens (including phenoxy) is 1. The van der Waals surface area contributed by atoms with E-state index in [4.69, 9.17) is 4.74 Å². The summed E-state index contributed by atoms with van der Waals surface area (Å²) in [6.45, 7) is 4.78. The van der Waals surface area contributed by atoms with E-state index in [0.717, 1.165) is 16.7 Å². The molecule has 32 heavy (non-hydrogen) atoms. The molecule has 2 heterocycles. The zero-order chi connectivity index (χ0) is 22.8. The molecule has 0 bridgehead atoms. The molecular formula is C24H23FN2O4S. The zero-order valence-electron chi connectivity index (χ0n) is 17.8. The Morgan fingerprint density at radius 3 is 2.56 bits per heavy atom. The van der Waals surface area contributed by atoms with Crippen molar-refractivity contribution in [1.82, 2.24) is 9.80 Å². The molecule has 2 saturated heterocycles. The lowest BCUT2D eigenvalue weighted by molar-refractivity contribution is -0.123. The molecule has 3 amide bonds. The topological polar surface area (TPSA) is 66.9 Å². The number of morpholine rings is 1. The number of thioether (sulfide) groups is 1. The van der Waals surface area contributed by atoms with Gasteiger partial charge in [0, 0.05) is 24.2 Å². The molecule has 0 aromatic heterocycles. The van der Waals surface area contributed by atoms with Gasteiger partial charge in [0.25, 0.3) is 17.1 Å². The number of hydrogen-bond donors (Lipinski definition) is 0. The lowest BCUT2D eigenvalue weighted by Gasteiger charge is -2.35. The number of imide groups is 1. The van der Waals surface area contributed by atoms with Crippen LogP contribution in [-0.2, 0) is 16.1 Å². The van der Waals surface area contributed by atoms with Gasteiger partial charge in [0.2, 0.25) is 0 Å². The largest absolute Gasteiger partial charge is 0.372 e. The van der Waals surface area contributed by atoms with Gasteiger partial charge in [-0.2, -0.15) is 0 Å². The molecule has 2 aliphatic rings. The fourth-order valence-corrected chi connectivity index (χ4v) is 4.71. The van der Waals surface area contributed by atoms with Crippen LogP contribution in [0.4, 0.5) is 9.18 Å². The maximum absolute atomic E-state index is 13.9. The van der Waals surface area contributed by atoms with Crippen molar-refractivity contribution in [3.05, 3.63) is 75.9 Å². The van der Waals surface area contributed by atoms with Gasteiger partial charge in [-0.3, -0.25) is 19.3 Å². The van der Waals surface area contributed by atoms with Crippen molar-refractivity contribution < 1.29 is 23.5 Å². The van der Waals surface area contributed by atoms with E-state index >= 15 is 0 Å². The van der Waals surface area contributed by atoms with Crippen molar-refractivity contribution in [2.24, 2.45) is 0 Å². The number of carbonyl (C=O) groups is 3. The van der Waals surface area contributed by atoms with Crippen molar-refractivity contribution in [3.63, 3.8) is 0 Å². The van der Waals surface area contributed by atoms with Crippen molar-refractivity contribution in [2.45, 2.75) is 32.6 Å². The lowest BCUT2D eigenvalue weighted by atomic mass is 10.1. The number of carbonyl (C=O) groups excluding carboxylic acids is 3. The summed E-state index contributed by atoms with van der Waals surface area (Å²) in [5.41, 5.74) is 1.42. The molecule has 2 aromatic rings. The van der Waals surface area contributed by atoms with Gasteiger partial charge in [-0.15, -0.1) is 0 Å². The highest BCUT2D eigenvalue weighted by molar-refractivity contribution is 8.18. The van der Waals surface area contributed by atoms with Crippen LogP contribution in [0.1, 0.15) is 35.3 Å². The van der Waals surface area contributed by atoms with Gasteiger partial charge in [0.1, 0.15) is 5.82 Å². The average Bonchev–Trinajstić information content (AvgIpc) is 3.01. The van der Waals surface area contributed by atoms with Crippen molar-refractivity contribution in [1.29, 1.82) is 0 Å². The van der Waals surface area contributed by atoms with Crippen LogP contribution in [0.25, 0.3) is 6.08 Å². The van der Waals surface area contributed by atoms with Gasteiger partial charge in [0.05, 0.1) is 23.7 Å². The summed E-state index contributed by atoms with van der Waals surface area (Å²) in [4.78, 5) is 41.2. The van der Waals surface area contributed by atoms with E-state index in [1.54, 1.807) is 53.4 Å². The van der Waals surface area contributed by atoms with E-state index < -0.39 is 17.0 Å². The highest BCUT2D eigenvalue weighted by Crippen LogP contribution is 2.33. The fourth-order valence-electron chi connectivity index (χ4n) is 3.87. The van der Waals surface area contributed by atoms with E-state index in [-0.39, 0.29) is 35.1 Å². The lowest BCUT2D eigenvalue weighted by Crippen LogP contribution is -2.48. The first-order valence-electron chi connectivity index (χ1n) is 10.4. The monoisotopic (exact) mass is 454 g/mol. The molecule has 0 unspecified atom stereocenters. The minimum Gasteiger partial charge on any atom is -0.372 e. The second-order valence-electron chi connectivity index (χ2n) is 7.95. The Labute approximate surface area is 190 Å². The third-order valence-corrected chi connectivity index (χ3v) is 6.21. The van der Waals surface area contributed by atoms with Gasteiger partial charge >= 0.3 is 0 Å². The first-order valence-corrected chi connectivity index (χ1v) is 11.2. The SMILES string of the molecule is C[C@H]1CN(C(=O)c2cccc(/C=C3\SC(=O)N(Cc4ccccc4F)C3=O)c2)C[C@H](C)O1. The molecule has 2 aromatic carbocycles. The summed E-state index contributed by atoms with van der Waals surface area (Å²) in [6, 6.07) is 13.0. The standard InChI is InChI=1S/C24H23FN2O4S/c1-15-12-26(13-16(2)31-15)22(28)18-8-5-6-17(10-18)11-21-23(29)27(24(30)32-21)14-19-7-3-4-9-20(19)25/h3-11,15-16H,12-14H2,1-2H3/b21-11-/t15-,16-/m0/s1. The van der Waals surface area contributed by atoms with Gasteiger partial charge in [-0.1, -0.05) is 30.3 Å². The van der Waals surface area contributed by atoms with E-state index in [0.29, 0.717) is 24.2 Å². The Balaban J connectivity index is 1.52. The Kier molecular flexibility index (Phi) is 6.43. The number of benzene rings is 2. The smallest absolute Gasteiger partial charge is 0.293 e. The van der Waals surface area contributed by atoms with Crippen LogP contribution < -0.4 is 0 Å². The minimum absolute atomic E-state index is 0.0352. The molecule has 0 radical (unpaired) electrons.